The predicted molar refractivity (Wildman–Crippen MR) is 73.8 cm³/mol. The highest BCUT2D eigenvalue weighted by atomic mass is 16.3. The zero-order chi connectivity index (χ0) is 14.7. The minimum Gasteiger partial charge on any atom is -0.446 e. The molecule has 7 nitrogen and oxygen atoms in total. The van der Waals surface area contributed by atoms with Gasteiger partial charge in [-0.15, -0.1) is 5.10 Å². The van der Waals surface area contributed by atoms with Crippen molar-refractivity contribution < 1.29 is 9.21 Å². The molecule has 2 aromatic heterocycles. The maximum absolute atomic E-state index is 12.3. The van der Waals surface area contributed by atoms with Crippen LogP contribution in [-0.2, 0) is 6.54 Å². The third kappa shape index (κ3) is 2.66. The Bertz CT molecular complexity index is 748. The van der Waals surface area contributed by atoms with E-state index in [9.17, 15) is 4.79 Å². The molecule has 0 aliphatic heterocycles. The molecule has 1 aromatic carbocycles. The van der Waals surface area contributed by atoms with Gasteiger partial charge in [0.05, 0.1) is 35.9 Å². The van der Waals surface area contributed by atoms with Gasteiger partial charge in [0.1, 0.15) is 5.76 Å². The van der Waals surface area contributed by atoms with Crippen LogP contribution < -0.4 is 5.32 Å². The Balaban J connectivity index is 1.81. The first-order chi connectivity index (χ1) is 10.3. The maximum atomic E-state index is 12.3. The second-order valence-corrected chi connectivity index (χ2v) is 4.41. The number of hydrogen-bond acceptors (Lipinski definition) is 5. The van der Waals surface area contributed by atoms with Crippen LogP contribution >= 0.6 is 0 Å². The molecule has 0 aliphatic rings. The van der Waals surface area contributed by atoms with E-state index in [2.05, 4.69) is 20.6 Å². The van der Waals surface area contributed by atoms with E-state index in [1.807, 2.05) is 19.1 Å². The summed E-state index contributed by atoms with van der Waals surface area (Å²) < 4.78 is 6.75. The summed E-state index contributed by atoms with van der Waals surface area (Å²) in [4.78, 5) is 16.3. The Morgan fingerprint density at radius 2 is 2.24 bits per heavy atom. The molecule has 0 radical (unpaired) electrons. The summed E-state index contributed by atoms with van der Waals surface area (Å²) in [6.07, 6.45) is 4.61. The Hall–Kier alpha value is -2.96. The number of amides is 1. The summed E-state index contributed by atoms with van der Waals surface area (Å²) in [5.74, 6) is 0.429. The van der Waals surface area contributed by atoms with Gasteiger partial charge < -0.3 is 9.73 Å². The largest absolute Gasteiger partial charge is 0.446 e. The Morgan fingerprint density at radius 1 is 1.38 bits per heavy atom. The fraction of sp³-hybridized carbons (Fsp3) is 0.143. The quantitative estimate of drug-likeness (QED) is 0.784. The van der Waals surface area contributed by atoms with Crippen LogP contribution in [0.4, 0.5) is 0 Å². The molecular weight excluding hydrogens is 270 g/mol. The lowest BCUT2D eigenvalue weighted by atomic mass is 10.1. The van der Waals surface area contributed by atoms with Crippen LogP contribution in [0.1, 0.15) is 21.8 Å². The first-order valence-corrected chi connectivity index (χ1v) is 6.38. The molecule has 1 amide bonds. The molecule has 0 fully saturated rings. The van der Waals surface area contributed by atoms with Gasteiger partial charge in [-0.25, -0.2) is 9.67 Å². The average molecular weight is 283 g/mol. The maximum Gasteiger partial charge on any atom is 0.253 e. The summed E-state index contributed by atoms with van der Waals surface area (Å²) in [6, 6.07) is 7.19. The summed E-state index contributed by atoms with van der Waals surface area (Å²) in [6.45, 7) is 2.12. The number of benzene rings is 1. The van der Waals surface area contributed by atoms with Gasteiger partial charge in [-0.3, -0.25) is 4.79 Å². The van der Waals surface area contributed by atoms with Gasteiger partial charge in [-0.05, 0) is 19.1 Å². The van der Waals surface area contributed by atoms with Gasteiger partial charge in [-0.2, -0.15) is 0 Å². The second-order valence-electron chi connectivity index (χ2n) is 4.41. The van der Waals surface area contributed by atoms with Crippen LogP contribution in [0.25, 0.3) is 5.69 Å². The van der Waals surface area contributed by atoms with Gasteiger partial charge >= 0.3 is 0 Å². The third-order valence-electron chi connectivity index (χ3n) is 3.07. The average Bonchev–Trinajstić information content (AvgIpc) is 3.16. The van der Waals surface area contributed by atoms with Gasteiger partial charge in [0.15, 0.2) is 6.39 Å². The number of para-hydroxylation sites is 1. The molecule has 0 unspecified atom stereocenters. The molecule has 21 heavy (non-hydrogen) atoms. The summed E-state index contributed by atoms with van der Waals surface area (Å²) in [7, 11) is 0. The zero-order valence-corrected chi connectivity index (χ0v) is 11.4. The molecule has 3 rings (SSSR count). The first-order valence-electron chi connectivity index (χ1n) is 6.38. The number of rotatable bonds is 4. The zero-order valence-electron chi connectivity index (χ0n) is 11.4. The summed E-state index contributed by atoms with van der Waals surface area (Å²) in [5.41, 5.74) is 1.95. The standard InChI is InChI=1S/C14H13N5O2/c1-10-13(21-9-16-10)8-15-14(20)11-4-2-3-5-12(11)19-7-6-17-18-19/h2-7,9H,8H2,1H3,(H,15,20). The van der Waals surface area contributed by atoms with Gasteiger partial charge in [0.2, 0.25) is 0 Å². The fourth-order valence-electron chi connectivity index (χ4n) is 1.95. The first kappa shape index (κ1) is 13.0. The number of carbonyl (C=O) groups is 1. The van der Waals surface area contributed by atoms with Crippen molar-refractivity contribution in [3.05, 3.63) is 60.1 Å². The van der Waals surface area contributed by atoms with Crippen molar-refractivity contribution in [1.82, 2.24) is 25.3 Å². The van der Waals surface area contributed by atoms with E-state index in [1.165, 1.54) is 6.39 Å². The van der Waals surface area contributed by atoms with Crippen LogP contribution in [0, 0.1) is 6.92 Å². The van der Waals surface area contributed by atoms with Crippen LogP contribution in [0.5, 0.6) is 0 Å². The van der Waals surface area contributed by atoms with Crippen LogP contribution in [-0.4, -0.2) is 25.9 Å². The van der Waals surface area contributed by atoms with Crippen molar-refractivity contribution in [2.24, 2.45) is 0 Å². The second kappa shape index (κ2) is 5.58. The van der Waals surface area contributed by atoms with E-state index >= 15 is 0 Å². The molecule has 106 valence electrons. The van der Waals surface area contributed by atoms with Gasteiger partial charge in [-0.1, -0.05) is 17.3 Å². The molecule has 3 aromatic rings. The molecule has 2 heterocycles. The number of oxazole rings is 1. The van der Waals surface area contributed by atoms with Crippen molar-refractivity contribution >= 4 is 5.91 Å². The normalized spacial score (nSPS) is 10.5. The Kier molecular flexibility index (Phi) is 3.46. The van der Waals surface area contributed by atoms with Crippen LogP contribution in [0.15, 0.2) is 47.5 Å². The van der Waals surface area contributed by atoms with Crippen molar-refractivity contribution in [2.45, 2.75) is 13.5 Å². The van der Waals surface area contributed by atoms with Gasteiger partial charge in [0, 0.05) is 0 Å². The number of aromatic nitrogens is 4. The minimum absolute atomic E-state index is 0.211. The topological polar surface area (TPSA) is 85.8 Å². The van der Waals surface area contributed by atoms with E-state index in [1.54, 1.807) is 29.2 Å². The highest BCUT2D eigenvalue weighted by molar-refractivity contribution is 5.97. The molecule has 0 bridgehead atoms. The predicted octanol–water partition coefficient (Wildman–Crippen LogP) is 1.49. The smallest absolute Gasteiger partial charge is 0.253 e. The number of aryl methyl sites for hydroxylation is 1. The molecule has 7 heteroatoms. The van der Waals surface area contributed by atoms with Crippen molar-refractivity contribution in [1.29, 1.82) is 0 Å². The van der Waals surface area contributed by atoms with Crippen LogP contribution in [0.2, 0.25) is 0 Å². The molecular formula is C14H13N5O2. The summed E-state index contributed by atoms with van der Waals surface area (Å²) >= 11 is 0. The number of nitrogens with zero attached hydrogens (tertiary/aromatic N) is 4. The van der Waals surface area contributed by atoms with E-state index in [4.69, 9.17) is 4.42 Å². The van der Waals surface area contributed by atoms with Crippen molar-refractivity contribution in [3.63, 3.8) is 0 Å². The molecule has 0 spiro atoms. The van der Waals surface area contributed by atoms with Crippen LogP contribution in [0.3, 0.4) is 0 Å². The SMILES string of the molecule is Cc1ncoc1CNC(=O)c1ccccc1-n1ccnn1. The lowest BCUT2D eigenvalue weighted by Crippen LogP contribution is -2.24. The molecule has 1 N–H and O–H groups in total. The number of nitrogens with one attached hydrogen (secondary N) is 1. The number of carbonyl (C=O) groups excluding carboxylic acids is 1. The summed E-state index contributed by atoms with van der Waals surface area (Å²) in [5, 5.41) is 10.5. The van der Waals surface area contributed by atoms with E-state index < -0.39 is 0 Å². The highest BCUT2D eigenvalue weighted by Crippen LogP contribution is 2.13. The highest BCUT2D eigenvalue weighted by Gasteiger charge is 2.13. The molecule has 0 aliphatic carbocycles. The molecule has 0 saturated carbocycles. The monoisotopic (exact) mass is 283 g/mol. The van der Waals surface area contributed by atoms with Crippen molar-refractivity contribution in [3.8, 4) is 5.69 Å². The Labute approximate surface area is 120 Å². The minimum atomic E-state index is -0.211. The number of hydrogen-bond donors (Lipinski definition) is 1. The van der Waals surface area contributed by atoms with Crippen molar-refractivity contribution in [2.75, 3.05) is 0 Å². The van der Waals surface area contributed by atoms with E-state index in [-0.39, 0.29) is 12.5 Å². The fourth-order valence-corrected chi connectivity index (χ4v) is 1.95. The Morgan fingerprint density at radius 3 is 2.95 bits per heavy atom. The lowest BCUT2D eigenvalue weighted by Gasteiger charge is -2.09. The lowest BCUT2D eigenvalue weighted by molar-refractivity contribution is 0.0948. The third-order valence-corrected chi connectivity index (χ3v) is 3.07. The molecule has 0 atom stereocenters. The van der Waals surface area contributed by atoms with E-state index in [0.29, 0.717) is 17.0 Å². The van der Waals surface area contributed by atoms with E-state index in [0.717, 1.165) is 5.69 Å². The van der Waals surface area contributed by atoms with Gasteiger partial charge in [0.25, 0.3) is 5.91 Å². The molecule has 0 saturated heterocycles.